The summed E-state index contributed by atoms with van der Waals surface area (Å²) in [5.74, 6) is -0.223. The molecule has 1 aromatic carbocycles. The van der Waals surface area contributed by atoms with Gasteiger partial charge in [-0.05, 0) is 54.9 Å². The number of carbonyl (C=O) groups is 1. The molecule has 1 aliphatic rings. The predicted octanol–water partition coefficient (Wildman–Crippen LogP) is 4.73. The van der Waals surface area contributed by atoms with Crippen molar-refractivity contribution in [2.45, 2.75) is 45.2 Å². The highest BCUT2D eigenvalue weighted by atomic mass is 19.4. The van der Waals surface area contributed by atoms with Crippen molar-refractivity contribution in [3.8, 4) is 0 Å². The summed E-state index contributed by atoms with van der Waals surface area (Å²) in [5, 5.41) is 0. The van der Waals surface area contributed by atoms with E-state index in [4.69, 9.17) is 0 Å². The van der Waals surface area contributed by atoms with E-state index in [1.807, 2.05) is 6.92 Å². The highest BCUT2D eigenvalue weighted by Gasteiger charge is 2.35. The van der Waals surface area contributed by atoms with Crippen LogP contribution >= 0.6 is 0 Å². The van der Waals surface area contributed by atoms with Crippen LogP contribution < -0.4 is 0 Å². The van der Waals surface area contributed by atoms with Crippen LogP contribution in [0.25, 0.3) is 0 Å². The topological polar surface area (TPSA) is 17.1 Å². The molecule has 0 saturated carbocycles. The van der Waals surface area contributed by atoms with Crippen molar-refractivity contribution in [2.24, 2.45) is 0 Å². The SMILES string of the molecule is C=C(CC)C(=O)c1ccc(C(F)(F)F)c2c1CCCC2. The second kappa shape index (κ2) is 5.43. The molecule has 0 N–H and O–H groups in total. The second-order valence-electron chi connectivity index (χ2n) is 5.11. The molecule has 2 rings (SSSR count). The monoisotopic (exact) mass is 282 g/mol. The standard InChI is InChI=1S/C16H17F3O/c1-3-10(2)15(20)13-8-9-14(16(17,18)19)12-7-5-4-6-11(12)13/h8-9H,2-7H2,1H3. The zero-order chi connectivity index (χ0) is 14.9. The van der Waals surface area contributed by atoms with Crippen LogP contribution in [0.5, 0.6) is 0 Å². The molecule has 20 heavy (non-hydrogen) atoms. The number of fused-ring (bicyclic) bond motifs is 1. The number of hydrogen-bond donors (Lipinski definition) is 0. The average molecular weight is 282 g/mol. The summed E-state index contributed by atoms with van der Waals surface area (Å²) in [6.07, 6.45) is -1.35. The molecule has 0 aromatic heterocycles. The molecule has 4 heteroatoms. The molecule has 0 bridgehead atoms. The van der Waals surface area contributed by atoms with Gasteiger partial charge in [-0.2, -0.15) is 13.2 Å². The Morgan fingerprint density at radius 1 is 1.20 bits per heavy atom. The summed E-state index contributed by atoms with van der Waals surface area (Å²) in [7, 11) is 0. The Bertz CT molecular complexity index is 556. The molecule has 108 valence electrons. The lowest BCUT2D eigenvalue weighted by Crippen LogP contribution is -2.18. The second-order valence-corrected chi connectivity index (χ2v) is 5.11. The third kappa shape index (κ3) is 2.65. The van der Waals surface area contributed by atoms with E-state index in [-0.39, 0.29) is 5.78 Å². The number of carbonyl (C=O) groups excluding carboxylic acids is 1. The number of rotatable bonds is 3. The lowest BCUT2D eigenvalue weighted by molar-refractivity contribution is -0.138. The zero-order valence-electron chi connectivity index (χ0n) is 11.4. The summed E-state index contributed by atoms with van der Waals surface area (Å²) in [6, 6.07) is 2.36. The maximum Gasteiger partial charge on any atom is 0.416 e. The van der Waals surface area contributed by atoms with Crippen molar-refractivity contribution >= 4 is 5.78 Å². The van der Waals surface area contributed by atoms with E-state index in [1.165, 1.54) is 6.07 Å². The Labute approximate surface area is 116 Å². The Hall–Kier alpha value is -1.58. The van der Waals surface area contributed by atoms with Crippen LogP contribution in [-0.2, 0) is 19.0 Å². The lowest BCUT2D eigenvalue weighted by Gasteiger charge is -2.23. The summed E-state index contributed by atoms with van der Waals surface area (Å²) in [4.78, 5) is 12.2. The summed E-state index contributed by atoms with van der Waals surface area (Å²) in [6.45, 7) is 5.51. The van der Waals surface area contributed by atoms with Crippen LogP contribution in [0.15, 0.2) is 24.3 Å². The summed E-state index contributed by atoms with van der Waals surface area (Å²) in [5.41, 5.74) is 1.13. The van der Waals surface area contributed by atoms with Gasteiger partial charge in [-0.1, -0.05) is 19.6 Å². The van der Waals surface area contributed by atoms with Gasteiger partial charge in [-0.3, -0.25) is 4.79 Å². The first-order chi connectivity index (χ1) is 9.36. The van der Waals surface area contributed by atoms with Gasteiger partial charge < -0.3 is 0 Å². The van der Waals surface area contributed by atoms with Crippen molar-refractivity contribution in [1.82, 2.24) is 0 Å². The highest BCUT2D eigenvalue weighted by Crippen LogP contribution is 2.38. The van der Waals surface area contributed by atoms with Gasteiger partial charge in [-0.15, -0.1) is 0 Å². The molecule has 0 heterocycles. The molecular weight excluding hydrogens is 265 g/mol. The largest absolute Gasteiger partial charge is 0.416 e. The third-order valence-electron chi connectivity index (χ3n) is 3.83. The maximum atomic E-state index is 13.0. The Kier molecular flexibility index (Phi) is 4.02. The number of alkyl halides is 3. The first-order valence-corrected chi connectivity index (χ1v) is 6.80. The molecular formula is C16H17F3O. The van der Waals surface area contributed by atoms with E-state index >= 15 is 0 Å². The van der Waals surface area contributed by atoms with E-state index < -0.39 is 11.7 Å². The average Bonchev–Trinajstić information content (AvgIpc) is 2.43. The minimum atomic E-state index is -4.36. The molecule has 0 fully saturated rings. The van der Waals surface area contributed by atoms with E-state index in [2.05, 4.69) is 6.58 Å². The van der Waals surface area contributed by atoms with Gasteiger partial charge in [0.1, 0.15) is 0 Å². The van der Waals surface area contributed by atoms with E-state index in [0.717, 1.165) is 18.9 Å². The van der Waals surface area contributed by atoms with Gasteiger partial charge in [0.2, 0.25) is 0 Å². The Morgan fingerprint density at radius 3 is 2.35 bits per heavy atom. The minimum absolute atomic E-state index is 0.223. The molecule has 0 aliphatic heterocycles. The van der Waals surface area contributed by atoms with Crippen molar-refractivity contribution in [3.63, 3.8) is 0 Å². The van der Waals surface area contributed by atoms with Crippen molar-refractivity contribution in [1.29, 1.82) is 0 Å². The molecule has 0 spiro atoms. The quantitative estimate of drug-likeness (QED) is 0.578. The molecule has 0 atom stereocenters. The van der Waals surface area contributed by atoms with E-state index in [1.54, 1.807) is 0 Å². The smallest absolute Gasteiger partial charge is 0.289 e. The van der Waals surface area contributed by atoms with Gasteiger partial charge in [-0.25, -0.2) is 0 Å². The summed E-state index contributed by atoms with van der Waals surface area (Å²) >= 11 is 0. The van der Waals surface area contributed by atoms with Crippen molar-refractivity contribution < 1.29 is 18.0 Å². The van der Waals surface area contributed by atoms with E-state index in [0.29, 0.717) is 41.5 Å². The van der Waals surface area contributed by atoms with Gasteiger partial charge in [0.25, 0.3) is 0 Å². The highest BCUT2D eigenvalue weighted by molar-refractivity contribution is 6.09. The predicted molar refractivity (Wildman–Crippen MR) is 71.8 cm³/mol. The number of hydrogen-bond acceptors (Lipinski definition) is 1. The molecule has 1 nitrogen and oxygen atoms in total. The minimum Gasteiger partial charge on any atom is -0.289 e. The molecule has 0 saturated heterocycles. The van der Waals surface area contributed by atoms with Gasteiger partial charge in [0.15, 0.2) is 5.78 Å². The number of benzene rings is 1. The Balaban J connectivity index is 2.57. The number of Topliss-reactive ketones (excluding diaryl/α,β-unsaturated/α-hetero) is 1. The van der Waals surface area contributed by atoms with Gasteiger partial charge >= 0.3 is 6.18 Å². The number of halogens is 3. The van der Waals surface area contributed by atoms with Crippen LogP contribution in [0.2, 0.25) is 0 Å². The van der Waals surface area contributed by atoms with E-state index in [9.17, 15) is 18.0 Å². The molecule has 0 unspecified atom stereocenters. The van der Waals surface area contributed by atoms with Crippen molar-refractivity contribution in [3.05, 3.63) is 46.5 Å². The van der Waals surface area contributed by atoms with Gasteiger partial charge in [0, 0.05) is 5.56 Å². The first kappa shape index (κ1) is 14.8. The zero-order valence-corrected chi connectivity index (χ0v) is 11.4. The fourth-order valence-electron chi connectivity index (χ4n) is 2.70. The molecule has 1 aliphatic carbocycles. The number of allylic oxidation sites excluding steroid dienone is 1. The normalized spacial score (nSPS) is 14.8. The fourth-order valence-corrected chi connectivity index (χ4v) is 2.70. The lowest BCUT2D eigenvalue weighted by atomic mass is 9.83. The van der Waals surface area contributed by atoms with Crippen LogP contribution in [0.1, 0.15) is 53.2 Å². The van der Waals surface area contributed by atoms with Crippen LogP contribution in [0, 0.1) is 0 Å². The first-order valence-electron chi connectivity index (χ1n) is 6.80. The molecule has 0 radical (unpaired) electrons. The third-order valence-corrected chi connectivity index (χ3v) is 3.83. The number of ketones is 1. The fraction of sp³-hybridized carbons (Fsp3) is 0.438. The van der Waals surface area contributed by atoms with Crippen LogP contribution in [-0.4, -0.2) is 5.78 Å². The van der Waals surface area contributed by atoms with Crippen LogP contribution in [0.3, 0.4) is 0 Å². The molecule has 0 amide bonds. The van der Waals surface area contributed by atoms with Gasteiger partial charge in [0.05, 0.1) is 5.56 Å². The summed E-state index contributed by atoms with van der Waals surface area (Å²) < 4.78 is 39.1. The maximum absolute atomic E-state index is 13.0. The Morgan fingerprint density at radius 2 is 1.80 bits per heavy atom. The van der Waals surface area contributed by atoms with Crippen molar-refractivity contribution in [2.75, 3.05) is 0 Å². The molecule has 1 aromatic rings. The van der Waals surface area contributed by atoms with Crippen LogP contribution in [0.4, 0.5) is 13.2 Å².